The second kappa shape index (κ2) is 5.85. The van der Waals surface area contributed by atoms with Crippen molar-refractivity contribution in [1.29, 1.82) is 0 Å². The molecule has 1 amide bonds. The molecule has 0 spiro atoms. The smallest absolute Gasteiger partial charge is 0.413 e. The van der Waals surface area contributed by atoms with E-state index in [1.54, 1.807) is 58.9 Å². The van der Waals surface area contributed by atoms with Gasteiger partial charge in [0.15, 0.2) is 0 Å². The van der Waals surface area contributed by atoms with Gasteiger partial charge in [-0.2, -0.15) is 0 Å². The van der Waals surface area contributed by atoms with Crippen molar-refractivity contribution in [1.82, 2.24) is 4.90 Å². The Hall–Kier alpha value is -2.08. The van der Waals surface area contributed by atoms with E-state index in [4.69, 9.17) is 9.47 Å². The van der Waals surface area contributed by atoms with Gasteiger partial charge in [-0.25, -0.2) is 4.79 Å². The van der Waals surface area contributed by atoms with Crippen LogP contribution in [0.1, 0.15) is 46.2 Å². The summed E-state index contributed by atoms with van der Waals surface area (Å²) >= 11 is 0. The zero-order chi connectivity index (χ0) is 17.4. The molecule has 2 unspecified atom stereocenters. The maximum atomic E-state index is 12.6. The molecule has 0 aromatic heterocycles. The average molecular weight is 320 g/mol. The molecule has 1 aromatic rings. The number of carbonyl (C=O) groups is 2. The minimum absolute atomic E-state index is 0.625. The number of nitrogens with zero attached hydrogens (tertiary/aromatic N) is 1. The van der Waals surface area contributed by atoms with Crippen LogP contribution in [0.5, 0.6) is 0 Å². The van der Waals surface area contributed by atoms with Gasteiger partial charge in [0.05, 0.1) is 12.0 Å². The van der Waals surface area contributed by atoms with Gasteiger partial charge in [0.2, 0.25) is 0 Å². The predicted octanol–water partition coefficient (Wildman–Crippen LogP) is 1.85. The van der Waals surface area contributed by atoms with Crippen molar-refractivity contribution in [3.63, 3.8) is 0 Å². The molecule has 2 rings (SSSR count). The first-order chi connectivity index (χ1) is 10.5. The van der Waals surface area contributed by atoms with E-state index in [9.17, 15) is 14.7 Å². The number of ether oxygens (including phenoxy) is 2. The SMILES string of the molecule is CC(C)(C)OC(=O)N1C(c2ccccc2)C(C(=O)[O-])OC1(C)C. The molecule has 1 heterocycles. The highest BCUT2D eigenvalue weighted by Gasteiger charge is 2.52. The third-order valence-electron chi connectivity index (χ3n) is 3.52. The van der Waals surface area contributed by atoms with Gasteiger partial charge in [-0.3, -0.25) is 4.90 Å². The third-order valence-corrected chi connectivity index (χ3v) is 3.52. The van der Waals surface area contributed by atoms with Gasteiger partial charge in [0.25, 0.3) is 0 Å². The van der Waals surface area contributed by atoms with E-state index in [-0.39, 0.29) is 0 Å². The van der Waals surface area contributed by atoms with Crippen LogP contribution >= 0.6 is 0 Å². The Morgan fingerprint density at radius 1 is 1.22 bits per heavy atom. The van der Waals surface area contributed by atoms with Crippen LogP contribution in [0.2, 0.25) is 0 Å². The molecule has 2 atom stereocenters. The van der Waals surface area contributed by atoms with E-state index < -0.39 is 35.5 Å². The third kappa shape index (κ3) is 3.64. The molecule has 23 heavy (non-hydrogen) atoms. The van der Waals surface area contributed by atoms with Crippen molar-refractivity contribution >= 4 is 12.1 Å². The highest BCUT2D eigenvalue weighted by molar-refractivity contribution is 5.76. The maximum absolute atomic E-state index is 12.6. The van der Waals surface area contributed by atoms with E-state index in [0.29, 0.717) is 5.56 Å². The molecular formula is C17H22NO5-. The second-order valence-corrected chi connectivity index (χ2v) is 7.01. The number of amides is 1. The molecular weight excluding hydrogens is 298 g/mol. The lowest BCUT2D eigenvalue weighted by Gasteiger charge is -2.35. The summed E-state index contributed by atoms with van der Waals surface area (Å²) < 4.78 is 11.0. The average Bonchev–Trinajstić information content (AvgIpc) is 2.69. The van der Waals surface area contributed by atoms with Gasteiger partial charge in [-0.05, 0) is 40.2 Å². The van der Waals surface area contributed by atoms with Crippen molar-refractivity contribution in [2.24, 2.45) is 0 Å². The number of hydrogen-bond donors (Lipinski definition) is 0. The molecule has 0 aliphatic carbocycles. The number of rotatable bonds is 2. The first-order valence-electron chi connectivity index (χ1n) is 7.49. The van der Waals surface area contributed by atoms with E-state index in [0.717, 1.165) is 0 Å². The number of aliphatic carboxylic acids is 1. The van der Waals surface area contributed by atoms with Crippen LogP contribution < -0.4 is 5.11 Å². The first-order valence-corrected chi connectivity index (χ1v) is 7.49. The summed E-state index contributed by atoms with van der Waals surface area (Å²) in [6.07, 6.45) is -1.89. The monoisotopic (exact) mass is 320 g/mol. The zero-order valence-corrected chi connectivity index (χ0v) is 14.0. The van der Waals surface area contributed by atoms with Gasteiger partial charge >= 0.3 is 6.09 Å². The van der Waals surface area contributed by atoms with Crippen LogP contribution in [0.15, 0.2) is 30.3 Å². The van der Waals surface area contributed by atoms with E-state index in [1.807, 2.05) is 6.07 Å². The predicted molar refractivity (Wildman–Crippen MR) is 81.2 cm³/mol. The fourth-order valence-corrected chi connectivity index (χ4v) is 2.70. The van der Waals surface area contributed by atoms with E-state index >= 15 is 0 Å². The molecule has 126 valence electrons. The maximum Gasteiger partial charge on any atom is 0.413 e. The summed E-state index contributed by atoms with van der Waals surface area (Å²) in [5, 5.41) is 11.5. The lowest BCUT2D eigenvalue weighted by Crippen LogP contribution is -2.47. The Morgan fingerprint density at radius 3 is 2.26 bits per heavy atom. The highest BCUT2D eigenvalue weighted by Crippen LogP contribution is 2.42. The molecule has 6 nitrogen and oxygen atoms in total. The quantitative estimate of drug-likeness (QED) is 0.831. The molecule has 0 bridgehead atoms. The second-order valence-electron chi connectivity index (χ2n) is 7.01. The highest BCUT2D eigenvalue weighted by atomic mass is 16.6. The molecule has 1 aromatic carbocycles. The van der Waals surface area contributed by atoms with Gasteiger partial charge in [-0.15, -0.1) is 0 Å². The van der Waals surface area contributed by atoms with Gasteiger partial charge in [0, 0.05) is 0 Å². The topological polar surface area (TPSA) is 78.9 Å². The van der Waals surface area contributed by atoms with Crippen LogP contribution in [0, 0.1) is 0 Å². The summed E-state index contributed by atoms with van der Waals surface area (Å²) in [6, 6.07) is 8.06. The van der Waals surface area contributed by atoms with Gasteiger partial charge < -0.3 is 19.4 Å². The Labute approximate surface area is 136 Å². The normalized spacial score (nSPS) is 23.6. The van der Waals surface area contributed by atoms with Gasteiger partial charge in [-0.1, -0.05) is 30.3 Å². The number of benzene rings is 1. The van der Waals surface area contributed by atoms with E-state index in [1.165, 1.54) is 4.90 Å². The lowest BCUT2D eigenvalue weighted by molar-refractivity contribution is -0.317. The zero-order valence-electron chi connectivity index (χ0n) is 14.0. The standard InChI is InChI=1S/C17H23NO5/c1-16(2,3)23-15(21)18-12(11-9-7-6-8-10-11)13(14(19)20)22-17(18,4)5/h6-10,12-13H,1-5H3,(H,19,20)/p-1. The molecule has 1 aliphatic heterocycles. The van der Waals surface area contributed by atoms with Crippen molar-refractivity contribution in [2.45, 2.75) is 58.1 Å². The molecule has 1 saturated heterocycles. The summed E-state index contributed by atoms with van der Waals surface area (Å²) in [6.45, 7) is 8.53. The van der Waals surface area contributed by atoms with Crippen molar-refractivity contribution in [2.75, 3.05) is 0 Å². The number of carboxylic acid groups (broad SMARTS) is 1. The summed E-state index contributed by atoms with van der Waals surface area (Å²) in [4.78, 5) is 25.5. The van der Waals surface area contributed by atoms with Crippen LogP contribution in [0.3, 0.4) is 0 Å². The minimum Gasteiger partial charge on any atom is -0.547 e. The summed E-state index contributed by atoms with van der Waals surface area (Å²) in [7, 11) is 0. The largest absolute Gasteiger partial charge is 0.547 e. The number of carbonyl (C=O) groups excluding carboxylic acids is 2. The Balaban J connectivity index is 2.46. The molecule has 0 saturated carbocycles. The van der Waals surface area contributed by atoms with Crippen LogP contribution in [0.25, 0.3) is 0 Å². The first kappa shape index (κ1) is 17.3. The summed E-state index contributed by atoms with van der Waals surface area (Å²) in [5.74, 6) is -1.36. The minimum atomic E-state index is -1.36. The van der Waals surface area contributed by atoms with Crippen LogP contribution in [-0.4, -0.2) is 34.4 Å². The van der Waals surface area contributed by atoms with E-state index in [2.05, 4.69) is 0 Å². The Morgan fingerprint density at radius 2 is 1.78 bits per heavy atom. The van der Waals surface area contributed by atoms with Crippen molar-refractivity contribution in [3.05, 3.63) is 35.9 Å². The van der Waals surface area contributed by atoms with Crippen LogP contribution in [0.4, 0.5) is 4.79 Å². The molecule has 1 aliphatic rings. The molecule has 1 fully saturated rings. The lowest BCUT2D eigenvalue weighted by atomic mass is 10.0. The Kier molecular flexibility index (Phi) is 4.39. The van der Waals surface area contributed by atoms with Crippen molar-refractivity contribution < 1.29 is 24.2 Å². The summed E-state index contributed by atoms with van der Waals surface area (Å²) in [5.41, 5.74) is -1.18. The number of carboxylic acids is 1. The number of hydrogen-bond acceptors (Lipinski definition) is 5. The van der Waals surface area contributed by atoms with Crippen molar-refractivity contribution in [3.8, 4) is 0 Å². The van der Waals surface area contributed by atoms with Crippen LogP contribution in [-0.2, 0) is 14.3 Å². The molecule has 0 N–H and O–H groups in total. The van der Waals surface area contributed by atoms with Gasteiger partial charge in [0.1, 0.15) is 17.4 Å². The molecule has 0 radical (unpaired) electrons. The Bertz CT molecular complexity index is 591. The molecule has 6 heteroatoms. The fraction of sp³-hybridized carbons (Fsp3) is 0.529. The fourth-order valence-electron chi connectivity index (χ4n) is 2.70.